The third kappa shape index (κ3) is 5.12. The molecule has 0 aromatic heterocycles. The summed E-state index contributed by atoms with van der Waals surface area (Å²) in [5, 5.41) is 1.51. The van der Waals surface area contributed by atoms with Gasteiger partial charge in [0.05, 0.1) is 0 Å². The number of rotatable bonds is 2. The molecule has 0 aromatic carbocycles. The molecule has 1 nitrogen and oxygen atoms in total. The lowest BCUT2D eigenvalue weighted by atomic mass is 10.1. The summed E-state index contributed by atoms with van der Waals surface area (Å²) in [7, 11) is -3.43. The monoisotopic (exact) mass is 413 g/mol. The van der Waals surface area contributed by atoms with E-state index in [1.165, 1.54) is 0 Å². The SMILES string of the molecule is CC(C)(C)N([SiH](C(C)(C)C)C(C)(C)C)[Si](C(C)(C)C)(C(C)(C)C)C(C)(C)C. The van der Waals surface area contributed by atoms with Crippen molar-refractivity contribution in [1.82, 2.24) is 4.23 Å². The Kier molecular flexibility index (Phi) is 7.37. The van der Waals surface area contributed by atoms with Crippen LogP contribution in [0.1, 0.15) is 125 Å². The van der Waals surface area contributed by atoms with Crippen LogP contribution in [-0.2, 0) is 0 Å². The van der Waals surface area contributed by atoms with Gasteiger partial charge in [-0.25, -0.2) is 0 Å². The molecule has 0 atom stereocenters. The molecule has 0 saturated carbocycles. The first-order valence-electron chi connectivity index (χ1n) is 11.0. The molecule has 0 rings (SSSR count). The third-order valence-corrected chi connectivity index (χ3v) is 20.7. The summed E-state index contributed by atoms with van der Waals surface area (Å²) in [6, 6.07) is 0. The largest absolute Gasteiger partial charge is 0.341 e. The zero-order valence-corrected chi connectivity index (χ0v) is 24.7. The molecule has 0 spiro atoms. The Hall–Kier alpha value is 0.394. The second-order valence-electron chi connectivity index (χ2n) is 15.1. The normalized spacial score (nSPS) is 16.4. The first-order chi connectivity index (χ1) is 11.2. The first kappa shape index (κ1) is 27.4. The highest BCUT2D eigenvalue weighted by Crippen LogP contribution is 2.66. The Labute approximate surface area is 176 Å². The molecule has 3 heteroatoms. The summed E-state index contributed by atoms with van der Waals surface area (Å²) in [4.78, 5) is 0. The van der Waals surface area contributed by atoms with Gasteiger partial charge in [0.25, 0.3) is 0 Å². The van der Waals surface area contributed by atoms with E-state index >= 15 is 0 Å². The minimum Gasteiger partial charge on any atom is -0.341 e. The highest BCUT2D eigenvalue weighted by molar-refractivity contribution is 6.93. The highest BCUT2D eigenvalue weighted by Gasteiger charge is 2.67. The fourth-order valence-corrected chi connectivity index (χ4v) is 29.8. The summed E-state index contributed by atoms with van der Waals surface area (Å²) in [6.07, 6.45) is 0. The maximum Gasteiger partial charge on any atom is 0.138 e. The second kappa shape index (κ2) is 7.27. The zero-order valence-electron chi connectivity index (χ0n) is 22.5. The van der Waals surface area contributed by atoms with Gasteiger partial charge in [-0.05, 0) is 51.5 Å². The van der Waals surface area contributed by atoms with Crippen LogP contribution in [0.5, 0.6) is 0 Å². The minimum atomic E-state index is -2.05. The van der Waals surface area contributed by atoms with Crippen LogP contribution in [0.2, 0.25) is 25.2 Å². The van der Waals surface area contributed by atoms with Crippen LogP contribution in [-0.4, -0.2) is 27.0 Å². The van der Waals surface area contributed by atoms with E-state index in [0.29, 0.717) is 10.1 Å². The minimum absolute atomic E-state index is 0.164. The van der Waals surface area contributed by atoms with Crippen molar-refractivity contribution in [3.8, 4) is 0 Å². The standard InChI is InChI=1S/C24H55NSi2/c1-19(2,3)25(26(20(4,5)6)21(7,8)9)27(22(10,11)12,23(13,14)15)24(16,17)18/h26H,1-18H3. The van der Waals surface area contributed by atoms with Crippen molar-refractivity contribution in [3.63, 3.8) is 0 Å². The van der Waals surface area contributed by atoms with Crippen LogP contribution in [0.4, 0.5) is 0 Å². The molecule has 0 bridgehead atoms. The number of hydrogen-bond acceptors (Lipinski definition) is 1. The fraction of sp³-hybridized carbons (Fsp3) is 1.00. The van der Waals surface area contributed by atoms with Crippen molar-refractivity contribution in [2.75, 3.05) is 0 Å². The van der Waals surface area contributed by atoms with Gasteiger partial charge < -0.3 is 4.23 Å². The maximum atomic E-state index is 3.24. The highest BCUT2D eigenvalue weighted by atomic mass is 28.4. The van der Waals surface area contributed by atoms with Crippen molar-refractivity contribution in [2.45, 2.75) is 155 Å². The van der Waals surface area contributed by atoms with Gasteiger partial charge in [0.15, 0.2) is 0 Å². The molecular formula is C24H55NSi2. The predicted octanol–water partition coefficient (Wildman–Crippen LogP) is 8.76. The van der Waals surface area contributed by atoms with Gasteiger partial charge in [0, 0.05) is 0 Å². The Bertz CT molecular complexity index is 443. The van der Waals surface area contributed by atoms with E-state index in [9.17, 15) is 0 Å². The molecule has 0 heterocycles. The van der Waals surface area contributed by atoms with E-state index in [0.717, 1.165) is 0 Å². The van der Waals surface area contributed by atoms with Gasteiger partial charge in [-0.3, -0.25) is 0 Å². The van der Waals surface area contributed by atoms with E-state index in [1.807, 2.05) is 0 Å². The Morgan fingerprint density at radius 2 is 0.667 bits per heavy atom. The summed E-state index contributed by atoms with van der Waals surface area (Å²) >= 11 is 0. The summed E-state index contributed by atoms with van der Waals surface area (Å²) in [6.45, 7) is 45.5. The maximum absolute atomic E-state index is 3.24. The predicted molar refractivity (Wildman–Crippen MR) is 133 cm³/mol. The third-order valence-electron chi connectivity index (χ3n) is 6.24. The van der Waals surface area contributed by atoms with Crippen molar-refractivity contribution < 1.29 is 0 Å². The fourth-order valence-electron chi connectivity index (χ4n) is 7.62. The molecule has 0 saturated heterocycles. The van der Waals surface area contributed by atoms with Crippen molar-refractivity contribution in [2.24, 2.45) is 0 Å². The van der Waals surface area contributed by atoms with Crippen molar-refractivity contribution >= 4 is 17.2 Å². The summed E-state index contributed by atoms with van der Waals surface area (Å²) in [5.41, 5.74) is 0.164. The van der Waals surface area contributed by atoms with Crippen molar-refractivity contribution in [3.05, 3.63) is 0 Å². The molecule has 0 fully saturated rings. The molecule has 164 valence electrons. The van der Waals surface area contributed by atoms with Crippen LogP contribution < -0.4 is 0 Å². The smallest absolute Gasteiger partial charge is 0.138 e. The van der Waals surface area contributed by atoms with E-state index in [1.54, 1.807) is 0 Å². The van der Waals surface area contributed by atoms with Gasteiger partial charge in [-0.2, -0.15) is 0 Å². The van der Waals surface area contributed by atoms with Gasteiger partial charge in [0.1, 0.15) is 17.2 Å². The van der Waals surface area contributed by atoms with Crippen LogP contribution in [0, 0.1) is 0 Å². The Balaban J connectivity index is 7.60. The van der Waals surface area contributed by atoms with Crippen LogP contribution in [0.15, 0.2) is 0 Å². The molecule has 0 N–H and O–H groups in total. The molecule has 0 unspecified atom stereocenters. The molecule has 0 aliphatic carbocycles. The molecule has 0 radical (unpaired) electrons. The molecular weight excluding hydrogens is 358 g/mol. The summed E-state index contributed by atoms with van der Waals surface area (Å²) < 4.78 is 3.24. The Morgan fingerprint density at radius 3 is 0.778 bits per heavy atom. The lowest BCUT2D eigenvalue weighted by Crippen LogP contribution is -2.79. The zero-order chi connectivity index (χ0) is 22.7. The Morgan fingerprint density at radius 1 is 0.444 bits per heavy atom. The number of hydrogen-bond donors (Lipinski definition) is 0. The molecule has 0 aromatic rings. The van der Waals surface area contributed by atoms with Gasteiger partial charge in [-0.15, -0.1) is 0 Å². The lowest BCUT2D eigenvalue weighted by Gasteiger charge is -2.71. The van der Waals surface area contributed by atoms with Gasteiger partial charge in [0.2, 0.25) is 0 Å². The first-order valence-corrected chi connectivity index (χ1v) is 14.7. The van der Waals surface area contributed by atoms with Crippen molar-refractivity contribution in [1.29, 1.82) is 0 Å². The van der Waals surface area contributed by atoms with E-state index in [4.69, 9.17) is 0 Å². The molecule has 0 aliphatic heterocycles. The van der Waals surface area contributed by atoms with Crippen LogP contribution in [0.3, 0.4) is 0 Å². The quantitative estimate of drug-likeness (QED) is 0.409. The number of nitrogens with zero attached hydrogens (tertiary/aromatic N) is 1. The topological polar surface area (TPSA) is 3.24 Å². The van der Waals surface area contributed by atoms with E-state index in [-0.39, 0.29) is 20.7 Å². The van der Waals surface area contributed by atoms with Gasteiger partial charge >= 0.3 is 0 Å². The summed E-state index contributed by atoms with van der Waals surface area (Å²) in [5.74, 6) is 0. The van der Waals surface area contributed by atoms with Gasteiger partial charge in [-0.1, -0.05) is 104 Å². The van der Waals surface area contributed by atoms with E-state index < -0.39 is 17.2 Å². The molecule has 27 heavy (non-hydrogen) atoms. The van der Waals surface area contributed by atoms with Crippen LogP contribution in [0.25, 0.3) is 0 Å². The molecule has 0 amide bonds. The second-order valence-corrected chi connectivity index (χ2v) is 26.8. The molecule has 0 aliphatic rings. The average molecular weight is 414 g/mol. The average Bonchev–Trinajstić information content (AvgIpc) is 2.15. The lowest BCUT2D eigenvalue weighted by molar-refractivity contribution is 0.280. The van der Waals surface area contributed by atoms with E-state index in [2.05, 4.69) is 129 Å². The van der Waals surface area contributed by atoms with Crippen LogP contribution >= 0.6 is 0 Å².